The van der Waals surface area contributed by atoms with Crippen molar-refractivity contribution < 1.29 is 13.2 Å². The molecule has 0 spiro atoms. The van der Waals surface area contributed by atoms with E-state index in [4.69, 9.17) is 0 Å². The average molecular weight is 328 g/mol. The van der Waals surface area contributed by atoms with Crippen molar-refractivity contribution in [3.05, 3.63) is 29.8 Å². The lowest BCUT2D eigenvalue weighted by Crippen LogP contribution is -2.37. The molecular weight excluding hydrogens is 309 g/mol. The summed E-state index contributed by atoms with van der Waals surface area (Å²) >= 11 is 1.65. The minimum Gasteiger partial charge on any atom is -0.347 e. The highest BCUT2D eigenvalue weighted by atomic mass is 32.2. The molecule has 1 aromatic carbocycles. The van der Waals surface area contributed by atoms with Gasteiger partial charge in [-0.25, -0.2) is 4.99 Å². The van der Waals surface area contributed by atoms with Gasteiger partial charge in [0.15, 0.2) is 5.17 Å². The number of benzene rings is 1. The zero-order chi connectivity index (χ0) is 15.6. The van der Waals surface area contributed by atoms with Gasteiger partial charge in [0.2, 0.25) is 0 Å². The Balaban J connectivity index is 1.81. The average Bonchev–Trinajstić information content (AvgIpc) is 2.96. The summed E-state index contributed by atoms with van der Waals surface area (Å²) in [5.74, 6) is 0.967. The summed E-state index contributed by atoms with van der Waals surface area (Å²) in [6.07, 6.45) is 1.79. The molecule has 6 heteroatoms. The first-order chi connectivity index (χ1) is 10.5. The fraction of sp³-hybridized carbons (Fsp3) is 0.562. The van der Waals surface area contributed by atoms with Crippen molar-refractivity contribution >= 4 is 22.6 Å². The van der Waals surface area contributed by atoms with Gasteiger partial charge in [-0.2, -0.15) is 13.2 Å². The molecular formula is C16H19F3N2S. The van der Waals surface area contributed by atoms with Crippen LogP contribution in [0.25, 0.3) is 0 Å². The van der Waals surface area contributed by atoms with Crippen LogP contribution in [0, 0.1) is 0 Å². The molecule has 1 aliphatic heterocycles. The topological polar surface area (TPSA) is 15.6 Å². The summed E-state index contributed by atoms with van der Waals surface area (Å²) in [5.41, 5.74) is -0.249. The molecule has 3 rings (SSSR count). The molecule has 1 saturated heterocycles. The number of rotatable bonds is 2. The predicted molar refractivity (Wildman–Crippen MR) is 84.6 cm³/mol. The van der Waals surface area contributed by atoms with Crippen LogP contribution in [0.15, 0.2) is 29.3 Å². The van der Waals surface area contributed by atoms with Gasteiger partial charge in [-0.05, 0) is 31.0 Å². The van der Waals surface area contributed by atoms with E-state index in [9.17, 15) is 13.2 Å². The van der Waals surface area contributed by atoms with Crippen molar-refractivity contribution in [3.8, 4) is 0 Å². The molecule has 0 aromatic heterocycles. The minimum atomic E-state index is -4.32. The fourth-order valence-electron chi connectivity index (χ4n) is 3.10. The Morgan fingerprint density at radius 2 is 1.91 bits per heavy atom. The molecule has 0 amide bonds. The van der Waals surface area contributed by atoms with Crippen LogP contribution in [-0.2, 0) is 6.18 Å². The van der Waals surface area contributed by atoms with Crippen LogP contribution in [0.1, 0.15) is 37.7 Å². The van der Waals surface area contributed by atoms with Gasteiger partial charge in [0.05, 0.1) is 11.3 Å². The van der Waals surface area contributed by atoms with Crippen molar-refractivity contribution in [3.63, 3.8) is 0 Å². The van der Waals surface area contributed by atoms with Crippen LogP contribution >= 0.6 is 11.8 Å². The highest BCUT2D eigenvalue weighted by Crippen LogP contribution is 2.33. The maximum Gasteiger partial charge on any atom is 0.416 e. The lowest BCUT2D eigenvalue weighted by atomic mass is 9.94. The first-order valence-corrected chi connectivity index (χ1v) is 8.68. The van der Waals surface area contributed by atoms with Gasteiger partial charge < -0.3 is 4.90 Å². The second-order valence-electron chi connectivity index (χ2n) is 5.78. The van der Waals surface area contributed by atoms with Crippen molar-refractivity contribution in [1.82, 2.24) is 4.90 Å². The zero-order valence-electron chi connectivity index (χ0n) is 12.3. The quantitative estimate of drug-likeness (QED) is 0.753. The van der Waals surface area contributed by atoms with Gasteiger partial charge in [-0.1, -0.05) is 37.1 Å². The molecule has 0 radical (unpaired) electrons. The summed E-state index contributed by atoms with van der Waals surface area (Å²) in [5, 5.41) is 0.881. The Morgan fingerprint density at radius 1 is 1.14 bits per heavy atom. The number of aliphatic imine (C=N–C) groups is 1. The first-order valence-electron chi connectivity index (χ1n) is 7.69. The molecule has 2 aliphatic rings. The van der Waals surface area contributed by atoms with Crippen molar-refractivity contribution in [2.24, 2.45) is 4.99 Å². The Morgan fingerprint density at radius 3 is 2.64 bits per heavy atom. The van der Waals surface area contributed by atoms with Gasteiger partial charge in [0, 0.05) is 18.3 Å². The summed E-state index contributed by atoms with van der Waals surface area (Å²) in [4.78, 5) is 6.79. The maximum atomic E-state index is 12.8. The summed E-state index contributed by atoms with van der Waals surface area (Å²) in [7, 11) is 0. The van der Waals surface area contributed by atoms with Crippen LogP contribution in [0.2, 0.25) is 0 Å². The molecule has 2 nitrogen and oxygen atoms in total. The number of alkyl halides is 3. The predicted octanol–water partition coefficient (Wildman–Crippen LogP) is 5.07. The van der Waals surface area contributed by atoms with Crippen LogP contribution in [0.5, 0.6) is 0 Å². The first kappa shape index (κ1) is 15.7. The van der Waals surface area contributed by atoms with E-state index in [0.717, 1.165) is 29.6 Å². The Hall–Kier alpha value is -1.17. The zero-order valence-corrected chi connectivity index (χ0v) is 13.1. The third kappa shape index (κ3) is 3.59. The molecule has 0 N–H and O–H groups in total. The number of hydrogen-bond donors (Lipinski definition) is 0. The summed E-state index contributed by atoms with van der Waals surface area (Å²) in [6, 6.07) is 5.79. The van der Waals surface area contributed by atoms with Crippen molar-refractivity contribution in [1.29, 1.82) is 0 Å². The SMILES string of the molecule is FC(F)(F)c1cccc(N=C2SCCN2C2CCCCC2)c1. The van der Waals surface area contributed by atoms with E-state index in [0.29, 0.717) is 11.7 Å². The highest BCUT2D eigenvalue weighted by molar-refractivity contribution is 8.14. The van der Waals surface area contributed by atoms with Gasteiger partial charge in [-0.3, -0.25) is 0 Å². The monoisotopic (exact) mass is 328 g/mol. The van der Waals surface area contributed by atoms with Crippen molar-refractivity contribution in [2.45, 2.75) is 44.3 Å². The van der Waals surface area contributed by atoms with E-state index in [1.807, 2.05) is 0 Å². The molecule has 0 unspecified atom stereocenters. The Kier molecular flexibility index (Phi) is 4.66. The summed E-state index contributed by atoms with van der Waals surface area (Å²) in [6.45, 7) is 0.952. The number of amidine groups is 1. The number of nitrogens with zero attached hydrogens (tertiary/aromatic N) is 2. The lowest BCUT2D eigenvalue weighted by molar-refractivity contribution is -0.137. The molecule has 22 heavy (non-hydrogen) atoms. The Bertz CT molecular complexity index is 551. The number of halogens is 3. The van der Waals surface area contributed by atoms with Crippen LogP contribution in [-0.4, -0.2) is 28.4 Å². The van der Waals surface area contributed by atoms with Gasteiger partial charge in [0.1, 0.15) is 0 Å². The lowest BCUT2D eigenvalue weighted by Gasteiger charge is -2.32. The van der Waals surface area contributed by atoms with Crippen LogP contribution in [0.3, 0.4) is 0 Å². The maximum absolute atomic E-state index is 12.8. The standard InChI is InChI=1S/C16H19F3N2S/c17-16(18,19)12-5-4-6-13(11-12)20-15-21(9-10-22-15)14-7-2-1-3-8-14/h4-6,11,14H,1-3,7-10H2. The van der Waals surface area contributed by atoms with E-state index < -0.39 is 11.7 Å². The van der Waals surface area contributed by atoms with Crippen LogP contribution < -0.4 is 0 Å². The Labute approximate surface area is 132 Å². The fourth-order valence-corrected chi connectivity index (χ4v) is 4.15. The van der Waals surface area contributed by atoms with Crippen molar-refractivity contribution in [2.75, 3.05) is 12.3 Å². The molecule has 2 fully saturated rings. The van der Waals surface area contributed by atoms with Crippen LogP contribution in [0.4, 0.5) is 18.9 Å². The third-order valence-electron chi connectivity index (χ3n) is 4.22. The van der Waals surface area contributed by atoms with Gasteiger partial charge >= 0.3 is 6.18 Å². The highest BCUT2D eigenvalue weighted by Gasteiger charge is 2.31. The normalized spacial score (nSPS) is 22.5. The molecule has 120 valence electrons. The van der Waals surface area contributed by atoms with E-state index in [-0.39, 0.29) is 0 Å². The smallest absolute Gasteiger partial charge is 0.347 e. The molecule has 0 atom stereocenters. The summed E-state index contributed by atoms with van der Waals surface area (Å²) < 4.78 is 38.4. The van der Waals surface area contributed by atoms with E-state index in [2.05, 4.69) is 9.89 Å². The van der Waals surface area contributed by atoms with E-state index in [1.165, 1.54) is 38.2 Å². The molecule has 1 aliphatic carbocycles. The van der Waals surface area contributed by atoms with E-state index >= 15 is 0 Å². The second-order valence-corrected chi connectivity index (χ2v) is 6.84. The largest absolute Gasteiger partial charge is 0.416 e. The van der Waals surface area contributed by atoms with Gasteiger partial charge in [0.25, 0.3) is 0 Å². The van der Waals surface area contributed by atoms with E-state index in [1.54, 1.807) is 17.8 Å². The molecule has 0 bridgehead atoms. The second kappa shape index (κ2) is 6.52. The third-order valence-corrected chi connectivity index (χ3v) is 5.19. The molecule has 1 saturated carbocycles. The number of thioether (sulfide) groups is 1. The number of hydrogen-bond acceptors (Lipinski definition) is 2. The minimum absolute atomic E-state index is 0.389. The van der Waals surface area contributed by atoms with Gasteiger partial charge in [-0.15, -0.1) is 0 Å². The molecule has 1 heterocycles. The molecule has 1 aromatic rings.